The molecule has 0 radical (unpaired) electrons. The summed E-state index contributed by atoms with van der Waals surface area (Å²) in [7, 11) is 1.81. The maximum atomic E-state index is 13.3. The lowest BCUT2D eigenvalue weighted by atomic mass is 10.1. The van der Waals surface area contributed by atoms with E-state index in [-0.39, 0.29) is 0 Å². The van der Waals surface area contributed by atoms with Crippen molar-refractivity contribution in [3.63, 3.8) is 0 Å². The molecule has 0 unspecified atom stereocenters. The average Bonchev–Trinajstić information content (AvgIpc) is 3.83. The molecule has 4 aromatic heterocycles. The topological polar surface area (TPSA) is 175 Å². The van der Waals surface area contributed by atoms with E-state index in [0.717, 1.165) is 23.5 Å². The molecule has 268 valence electrons. The molecule has 0 saturated heterocycles. The molecule has 7 rings (SSSR count). The highest BCUT2D eigenvalue weighted by atomic mass is 19.1. The number of benzene rings is 3. The summed E-state index contributed by atoms with van der Waals surface area (Å²) in [6, 6.07) is 28.7. The first-order valence-electron chi connectivity index (χ1n) is 15.9. The van der Waals surface area contributed by atoms with Crippen molar-refractivity contribution in [1.82, 2.24) is 35.7 Å². The minimum atomic E-state index is -0.595. The first-order valence-corrected chi connectivity index (χ1v) is 15.9. The van der Waals surface area contributed by atoms with Crippen LogP contribution in [0.3, 0.4) is 0 Å². The number of para-hydroxylation sites is 2. The molecule has 4 heterocycles. The predicted octanol–water partition coefficient (Wildman–Crippen LogP) is 6.23. The van der Waals surface area contributed by atoms with Gasteiger partial charge in [0.15, 0.2) is 11.4 Å². The van der Waals surface area contributed by atoms with Gasteiger partial charge in [0.25, 0.3) is 11.8 Å². The van der Waals surface area contributed by atoms with Crippen LogP contribution < -0.4 is 20.8 Å². The second-order valence-corrected chi connectivity index (χ2v) is 11.4. The van der Waals surface area contributed by atoms with Crippen molar-refractivity contribution in [3.05, 3.63) is 156 Å². The second kappa shape index (κ2) is 16.3. The number of nitrogens with zero attached hydrogens (tertiary/aromatic N) is 7. The normalized spacial score (nSPS) is 10.7. The van der Waals surface area contributed by atoms with E-state index in [1.807, 2.05) is 42.3 Å². The predicted molar refractivity (Wildman–Crippen MR) is 189 cm³/mol. The standard InChI is InChI=1S/C20H15FN4O3.C17H16FN5O2/c21-15-9-10-18(22-11-15)25(20-23-16-3-1-2-4-17(16)28-20)12-13-5-7-14(8-6-13)19(26)24-27;1-22-9-8-16(20-22)23(15-7-6-14(18)10-19-15)11-12-2-4-13(5-3-12)17(24)21-25/h1-11,27H,12H2,(H,24,26);2-10,25H,11H2,1H3,(H,21,24). The van der Waals surface area contributed by atoms with Crippen molar-refractivity contribution in [2.24, 2.45) is 7.05 Å². The highest BCUT2D eigenvalue weighted by Crippen LogP contribution is 2.29. The number of fused-ring (bicyclic) bond motifs is 1. The monoisotopic (exact) mass is 719 g/mol. The first kappa shape index (κ1) is 35.8. The largest absolute Gasteiger partial charge is 0.423 e. The lowest BCUT2D eigenvalue weighted by molar-refractivity contribution is 0.0702. The number of hydrogen-bond acceptors (Lipinski definition) is 11. The molecule has 7 aromatic rings. The van der Waals surface area contributed by atoms with E-state index in [1.165, 1.54) is 18.2 Å². The van der Waals surface area contributed by atoms with Crippen LogP contribution in [0.5, 0.6) is 0 Å². The maximum absolute atomic E-state index is 13.3. The number of hydrogen-bond donors (Lipinski definition) is 4. The summed E-state index contributed by atoms with van der Waals surface area (Å²) in [6.45, 7) is 0.753. The van der Waals surface area contributed by atoms with Crippen LogP contribution in [0.2, 0.25) is 0 Å². The van der Waals surface area contributed by atoms with Gasteiger partial charge >= 0.3 is 6.01 Å². The SMILES string of the molecule is Cn1ccc(N(Cc2ccc(C(=O)NO)cc2)c2ccc(F)cn2)n1.O=C(NO)c1ccc(CN(c2ccc(F)cn2)c2nc3ccccc3o2)cc1. The Hall–Kier alpha value is -7.04. The highest BCUT2D eigenvalue weighted by Gasteiger charge is 2.19. The number of amides is 2. The van der Waals surface area contributed by atoms with Gasteiger partial charge in [0.05, 0.1) is 25.5 Å². The summed E-state index contributed by atoms with van der Waals surface area (Å²) in [5.74, 6) is -0.346. The summed E-state index contributed by atoms with van der Waals surface area (Å²) in [5, 5.41) is 21.8. The van der Waals surface area contributed by atoms with Gasteiger partial charge in [-0.25, -0.2) is 29.7 Å². The van der Waals surface area contributed by atoms with Crippen LogP contribution in [0.25, 0.3) is 11.1 Å². The number of pyridine rings is 2. The van der Waals surface area contributed by atoms with Gasteiger partial charge in [-0.05, 0) is 71.8 Å². The van der Waals surface area contributed by atoms with Crippen molar-refractivity contribution >= 4 is 46.4 Å². The van der Waals surface area contributed by atoms with Crippen LogP contribution in [-0.4, -0.2) is 47.0 Å². The van der Waals surface area contributed by atoms with Crippen LogP contribution in [0.15, 0.2) is 126 Å². The van der Waals surface area contributed by atoms with Crippen molar-refractivity contribution in [2.45, 2.75) is 13.1 Å². The quantitative estimate of drug-likeness (QED) is 0.0932. The molecule has 4 N–H and O–H groups in total. The van der Waals surface area contributed by atoms with Gasteiger partial charge in [-0.1, -0.05) is 36.4 Å². The summed E-state index contributed by atoms with van der Waals surface area (Å²) >= 11 is 0. The summed E-state index contributed by atoms with van der Waals surface area (Å²) in [5.41, 5.74) is 6.90. The summed E-state index contributed by atoms with van der Waals surface area (Å²) in [6.07, 6.45) is 4.08. The van der Waals surface area contributed by atoms with Crippen LogP contribution >= 0.6 is 0 Å². The summed E-state index contributed by atoms with van der Waals surface area (Å²) in [4.78, 5) is 39.2. The number of oxazole rings is 1. The first-order chi connectivity index (χ1) is 25.7. The number of anilines is 4. The maximum Gasteiger partial charge on any atom is 0.304 e. The molecule has 14 nitrogen and oxygen atoms in total. The fourth-order valence-corrected chi connectivity index (χ4v) is 5.12. The van der Waals surface area contributed by atoms with Gasteiger partial charge in [0.2, 0.25) is 0 Å². The Kier molecular flexibility index (Phi) is 11.0. The molecule has 3 aromatic carbocycles. The zero-order valence-corrected chi connectivity index (χ0v) is 28.0. The van der Waals surface area contributed by atoms with Gasteiger partial charge in [-0.3, -0.25) is 29.6 Å². The second-order valence-electron chi connectivity index (χ2n) is 11.4. The molecule has 0 fully saturated rings. The molecular weight excluding hydrogens is 688 g/mol. The fraction of sp³-hybridized carbons (Fsp3) is 0.0811. The molecular formula is C37H31F2N9O5. The highest BCUT2D eigenvalue weighted by molar-refractivity contribution is 5.93. The summed E-state index contributed by atoms with van der Waals surface area (Å²) < 4.78 is 34.0. The fourth-order valence-electron chi connectivity index (χ4n) is 5.12. The van der Waals surface area contributed by atoms with E-state index < -0.39 is 23.4 Å². The third-order valence-electron chi connectivity index (χ3n) is 7.78. The Morgan fingerprint density at radius 3 is 1.70 bits per heavy atom. The van der Waals surface area contributed by atoms with E-state index in [1.54, 1.807) is 81.3 Å². The Morgan fingerprint density at radius 2 is 1.23 bits per heavy atom. The molecule has 0 saturated carbocycles. The van der Waals surface area contributed by atoms with Crippen LogP contribution in [0.4, 0.5) is 32.2 Å². The molecule has 53 heavy (non-hydrogen) atoms. The number of hydroxylamine groups is 2. The smallest absolute Gasteiger partial charge is 0.304 e. The number of aromatic nitrogens is 5. The lowest BCUT2D eigenvalue weighted by Gasteiger charge is -2.21. The molecule has 0 bridgehead atoms. The minimum absolute atomic E-state index is 0.317. The van der Waals surface area contributed by atoms with E-state index in [0.29, 0.717) is 58.8 Å². The average molecular weight is 720 g/mol. The Morgan fingerprint density at radius 1 is 0.698 bits per heavy atom. The third-order valence-corrected chi connectivity index (χ3v) is 7.78. The number of nitrogens with one attached hydrogen (secondary N) is 2. The van der Waals surface area contributed by atoms with Crippen molar-refractivity contribution < 1.29 is 33.2 Å². The molecule has 0 aliphatic carbocycles. The zero-order valence-electron chi connectivity index (χ0n) is 28.0. The van der Waals surface area contributed by atoms with Gasteiger partial charge in [-0.2, -0.15) is 10.1 Å². The zero-order chi connectivity index (χ0) is 37.3. The van der Waals surface area contributed by atoms with Gasteiger partial charge in [0, 0.05) is 30.4 Å². The van der Waals surface area contributed by atoms with E-state index in [4.69, 9.17) is 14.8 Å². The Balaban J connectivity index is 0.000000183. The number of carbonyl (C=O) groups excluding carboxylic acids is 2. The van der Waals surface area contributed by atoms with Crippen LogP contribution in [0.1, 0.15) is 31.8 Å². The number of carbonyl (C=O) groups is 2. The van der Waals surface area contributed by atoms with E-state index >= 15 is 0 Å². The molecule has 0 spiro atoms. The van der Waals surface area contributed by atoms with Gasteiger partial charge in [-0.15, -0.1) is 0 Å². The Bertz CT molecular complexity index is 2270. The van der Waals surface area contributed by atoms with Crippen molar-refractivity contribution in [3.8, 4) is 0 Å². The van der Waals surface area contributed by atoms with Crippen LogP contribution in [-0.2, 0) is 20.1 Å². The van der Waals surface area contributed by atoms with E-state index in [9.17, 15) is 18.4 Å². The number of rotatable bonds is 10. The van der Waals surface area contributed by atoms with Crippen LogP contribution in [0, 0.1) is 11.6 Å². The molecule has 0 aliphatic rings. The van der Waals surface area contributed by atoms with Gasteiger partial charge in [0.1, 0.15) is 28.8 Å². The molecule has 2 amide bonds. The van der Waals surface area contributed by atoms with E-state index in [2.05, 4.69) is 20.1 Å². The molecule has 0 aliphatic heterocycles. The Labute approximate surface area is 300 Å². The molecule has 16 heteroatoms. The van der Waals surface area contributed by atoms with Crippen molar-refractivity contribution in [1.29, 1.82) is 0 Å². The lowest BCUT2D eigenvalue weighted by Crippen LogP contribution is -2.20. The number of aryl methyl sites for hydroxylation is 1. The third kappa shape index (κ3) is 8.83. The van der Waals surface area contributed by atoms with Crippen molar-refractivity contribution in [2.75, 3.05) is 9.80 Å². The molecule has 0 atom stereocenters. The minimum Gasteiger partial charge on any atom is -0.423 e. The van der Waals surface area contributed by atoms with Gasteiger partial charge < -0.3 is 9.32 Å². The number of halogens is 2.